The fourth-order valence-corrected chi connectivity index (χ4v) is 4.62. The van der Waals surface area contributed by atoms with Crippen molar-refractivity contribution in [1.82, 2.24) is 10.2 Å². The molecule has 0 aromatic rings. The van der Waals surface area contributed by atoms with Gasteiger partial charge in [-0.2, -0.15) is 11.8 Å². The van der Waals surface area contributed by atoms with Gasteiger partial charge < -0.3 is 5.32 Å². The lowest BCUT2D eigenvalue weighted by atomic mass is 9.86. The van der Waals surface area contributed by atoms with Gasteiger partial charge in [-0.25, -0.2) is 0 Å². The summed E-state index contributed by atoms with van der Waals surface area (Å²) in [5.74, 6) is 0. The molecule has 1 aliphatic carbocycles. The fourth-order valence-electron chi connectivity index (χ4n) is 3.62. The summed E-state index contributed by atoms with van der Waals surface area (Å²) in [5, 5.41) is 3.74. The van der Waals surface area contributed by atoms with Crippen molar-refractivity contribution >= 4 is 11.8 Å². The second-order valence-corrected chi connectivity index (χ2v) is 8.27. The Labute approximate surface area is 124 Å². The summed E-state index contributed by atoms with van der Waals surface area (Å²) >= 11 is 2.13. The summed E-state index contributed by atoms with van der Waals surface area (Å²) < 4.78 is 0.540. The van der Waals surface area contributed by atoms with Crippen LogP contribution in [0, 0.1) is 0 Å². The van der Waals surface area contributed by atoms with E-state index >= 15 is 0 Å². The third-order valence-corrected chi connectivity index (χ3v) is 6.87. The van der Waals surface area contributed by atoms with Gasteiger partial charge in [0, 0.05) is 36.0 Å². The topological polar surface area (TPSA) is 15.3 Å². The van der Waals surface area contributed by atoms with E-state index in [1.54, 1.807) is 0 Å². The molecular formula is C16H32N2S. The largest absolute Gasteiger partial charge is 0.309 e. The average molecular weight is 285 g/mol. The van der Waals surface area contributed by atoms with Crippen LogP contribution in [0.5, 0.6) is 0 Å². The quantitative estimate of drug-likeness (QED) is 0.850. The zero-order valence-electron chi connectivity index (χ0n) is 13.3. The van der Waals surface area contributed by atoms with Crippen molar-refractivity contribution in [2.24, 2.45) is 0 Å². The second-order valence-electron chi connectivity index (χ2n) is 7.00. The molecular weight excluding hydrogens is 252 g/mol. The lowest BCUT2D eigenvalue weighted by molar-refractivity contribution is 0.0780. The summed E-state index contributed by atoms with van der Waals surface area (Å²) in [6.45, 7) is 10.7. The van der Waals surface area contributed by atoms with Crippen LogP contribution in [0.2, 0.25) is 0 Å². The standard InChI is InChI=1S/C16H32N2S/c1-5-15(3)12-18(14(2)11-17-15)13-16(19-4)9-7-6-8-10-16/h14,17H,5-13H2,1-4H3. The molecule has 2 rings (SSSR count). The summed E-state index contributed by atoms with van der Waals surface area (Å²) in [6, 6.07) is 0.686. The molecule has 0 bridgehead atoms. The van der Waals surface area contributed by atoms with Crippen LogP contribution in [-0.4, -0.2) is 47.1 Å². The Morgan fingerprint density at radius 3 is 2.53 bits per heavy atom. The van der Waals surface area contributed by atoms with E-state index < -0.39 is 0 Å². The number of rotatable bonds is 4. The lowest BCUT2D eigenvalue weighted by Crippen LogP contribution is -2.63. The van der Waals surface area contributed by atoms with Crippen LogP contribution >= 0.6 is 11.8 Å². The Balaban J connectivity index is 2.02. The Bertz CT molecular complexity index is 288. The highest BCUT2D eigenvalue weighted by atomic mass is 32.2. The van der Waals surface area contributed by atoms with E-state index in [1.807, 2.05) is 0 Å². The van der Waals surface area contributed by atoms with Gasteiger partial charge in [0.2, 0.25) is 0 Å². The van der Waals surface area contributed by atoms with Crippen LogP contribution in [0.25, 0.3) is 0 Å². The Hall–Kier alpha value is 0.270. The predicted octanol–water partition coefficient (Wildman–Crippen LogP) is 3.51. The highest BCUT2D eigenvalue weighted by molar-refractivity contribution is 8.00. The lowest BCUT2D eigenvalue weighted by Gasteiger charge is -2.49. The fraction of sp³-hybridized carbons (Fsp3) is 1.00. The number of thioether (sulfide) groups is 1. The third kappa shape index (κ3) is 3.68. The van der Waals surface area contributed by atoms with E-state index in [9.17, 15) is 0 Å². The van der Waals surface area contributed by atoms with Gasteiger partial charge in [0.05, 0.1) is 0 Å². The second kappa shape index (κ2) is 6.36. The highest BCUT2D eigenvalue weighted by Crippen LogP contribution is 2.40. The molecule has 0 spiro atoms. The first-order valence-corrected chi connectivity index (χ1v) is 9.29. The Kier molecular flexibility index (Phi) is 5.24. The SMILES string of the molecule is CCC1(C)CN(CC2(SC)CCCCC2)C(C)CN1. The van der Waals surface area contributed by atoms with Crippen LogP contribution in [0.4, 0.5) is 0 Å². The van der Waals surface area contributed by atoms with Gasteiger partial charge in [-0.15, -0.1) is 0 Å². The molecule has 0 aromatic heterocycles. The third-order valence-electron chi connectivity index (χ3n) is 5.47. The van der Waals surface area contributed by atoms with Crippen molar-refractivity contribution in [2.45, 2.75) is 75.6 Å². The molecule has 1 N–H and O–H groups in total. The summed E-state index contributed by atoms with van der Waals surface area (Å²) in [6.07, 6.45) is 10.7. The normalized spacial score (nSPS) is 36.3. The summed E-state index contributed by atoms with van der Waals surface area (Å²) in [7, 11) is 0. The number of hydrogen-bond acceptors (Lipinski definition) is 3. The Morgan fingerprint density at radius 2 is 1.95 bits per heavy atom. The molecule has 19 heavy (non-hydrogen) atoms. The molecule has 1 saturated carbocycles. The van der Waals surface area contributed by atoms with Crippen molar-refractivity contribution in [2.75, 3.05) is 25.9 Å². The van der Waals surface area contributed by atoms with E-state index in [0.29, 0.717) is 16.3 Å². The molecule has 0 amide bonds. The van der Waals surface area contributed by atoms with E-state index in [2.05, 4.69) is 49.0 Å². The van der Waals surface area contributed by atoms with Crippen molar-refractivity contribution in [1.29, 1.82) is 0 Å². The molecule has 1 heterocycles. The van der Waals surface area contributed by atoms with Gasteiger partial charge in [-0.1, -0.05) is 26.2 Å². The molecule has 2 aliphatic rings. The van der Waals surface area contributed by atoms with Crippen molar-refractivity contribution in [3.8, 4) is 0 Å². The summed E-state index contributed by atoms with van der Waals surface area (Å²) in [4.78, 5) is 2.77. The Morgan fingerprint density at radius 1 is 1.26 bits per heavy atom. The maximum atomic E-state index is 3.74. The molecule has 1 aliphatic heterocycles. The number of nitrogens with zero attached hydrogens (tertiary/aromatic N) is 1. The average Bonchev–Trinajstić information content (AvgIpc) is 2.44. The zero-order chi connectivity index (χ0) is 13.9. The first kappa shape index (κ1) is 15.7. The first-order chi connectivity index (χ1) is 9.02. The van der Waals surface area contributed by atoms with Crippen LogP contribution in [0.1, 0.15) is 59.3 Å². The molecule has 2 atom stereocenters. The van der Waals surface area contributed by atoms with Gasteiger partial charge in [-0.3, -0.25) is 4.90 Å². The highest BCUT2D eigenvalue weighted by Gasteiger charge is 2.38. The van der Waals surface area contributed by atoms with E-state index in [1.165, 1.54) is 51.6 Å². The smallest absolute Gasteiger partial charge is 0.0284 e. The molecule has 2 nitrogen and oxygen atoms in total. The van der Waals surface area contributed by atoms with E-state index in [4.69, 9.17) is 0 Å². The van der Waals surface area contributed by atoms with E-state index in [0.717, 1.165) is 6.54 Å². The van der Waals surface area contributed by atoms with Gasteiger partial charge in [-0.05, 0) is 39.4 Å². The van der Waals surface area contributed by atoms with Gasteiger partial charge in [0.15, 0.2) is 0 Å². The van der Waals surface area contributed by atoms with Crippen molar-refractivity contribution in [3.05, 3.63) is 0 Å². The van der Waals surface area contributed by atoms with Crippen LogP contribution in [-0.2, 0) is 0 Å². The monoisotopic (exact) mass is 284 g/mol. The molecule has 0 aromatic carbocycles. The van der Waals surface area contributed by atoms with Crippen LogP contribution in [0.3, 0.4) is 0 Å². The predicted molar refractivity (Wildman–Crippen MR) is 87.1 cm³/mol. The number of hydrogen-bond donors (Lipinski definition) is 1. The molecule has 2 unspecified atom stereocenters. The minimum Gasteiger partial charge on any atom is -0.309 e. The van der Waals surface area contributed by atoms with Gasteiger partial charge >= 0.3 is 0 Å². The minimum atomic E-state index is 0.320. The van der Waals surface area contributed by atoms with Crippen LogP contribution in [0.15, 0.2) is 0 Å². The molecule has 1 saturated heterocycles. The van der Waals surface area contributed by atoms with E-state index in [-0.39, 0.29) is 0 Å². The number of nitrogens with one attached hydrogen (secondary N) is 1. The van der Waals surface area contributed by atoms with Crippen LogP contribution < -0.4 is 5.32 Å². The molecule has 3 heteroatoms. The summed E-state index contributed by atoms with van der Waals surface area (Å²) in [5.41, 5.74) is 0.320. The minimum absolute atomic E-state index is 0.320. The van der Waals surface area contributed by atoms with Gasteiger partial charge in [0.25, 0.3) is 0 Å². The molecule has 112 valence electrons. The van der Waals surface area contributed by atoms with Crippen molar-refractivity contribution < 1.29 is 0 Å². The zero-order valence-corrected chi connectivity index (χ0v) is 14.1. The molecule has 0 radical (unpaired) electrons. The maximum absolute atomic E-state index is 3.74. The number of piperazine rings is 1. The molecule has 2 fully saturated rings. The van der Waals surface area contributed by atoms with Gasteiger partial charge in [0.1, 0.15) is 0 Å². The maximum Gasteiger partial charge on any atom is 0.0284 e. The van der Waals surface area contributed by atoms with Crippen molar-refractivity contribution in [3.63, 3.8) is 0 Å². The first-order valence-electron chi connectivity index (χ1n) is 8.07.